The van der Waals surface area contributed by atoms with Crippen LogP contribution < -0.4 is 4.74 Å². The van der Waals surface area contributed by atoms with Gasteiger partial charge in [-0.15, -0.1) is 0 Å². The number of halogens is 2. The van der Waals surface area contributed by atoms with E-state index in [-0.39, 0.29) is 43.0 Å². The molecule has 0 aliphatic heterocycles. The van der Waals surface area contributed by atoms with E-state index in [0.717, 1.165) is 27.8 Å². The first-order valence-corrected chi connectivity index (χ1v) is 14.7. The number of aromatic nitrogens is 1. The van der Waals surface area contributed by atoms with Gasteiger partial charge in [-0.2, -0.15) is 0 Å². The molecule has 0 unspecified atom stereocenters. The van der Waals surface area contributed by atoms with Crippen molar-refractivity contribution in [3.8, 4) is 5.75 Å². The zero-order valence-electron chi connectivity index (χ0n) is 24.6. The summed E-state index contributed by atoms with van der Waals surface area (Å²) in [6.45, 7) is 3.24. The predicted molar refractivity (Wildman–Crippen MR) is 167 cm³/mol. The van der Waals surface area contributed by atoms with Crippen LogP contribution >= 0.6 is 0 Å². The maximum Gasteiger partial charge on any atom is 0.242 e. The van der Waals surface area contributed by atoms with Crippen LogP contribution in [-0.4, -0.2) is 46.3 Å². The number of rotatable bonds is 13. The number of carbonyl (C=O) groups excluding carboxylic acids is 2. The zero-order valence-corrected chi connectivity index (χ0v) is 24.6. The molecule has 8 heteroatoms. The number of para-hydroxylation sites is 1. The number of carbonyl (C=O) groups is 2. The Kier molecular flexibility index (Phi) is 10.0. The number of aromatic amines is 1. The van der Waals surface area contributed by atoms with Gasteiger partial charge in [0.25, 0.3) is 0 Å². The molecule has 44 heavy (non-hydrogen) atoms. The third-order valence-corrected chi connectivity index (χ3v) is 7.52. The highest BCUT2D eigenvalue weighted by Gasteiger charge is 2.23. The topological polar surface area (TPSA) is 65.6 Å². The summed E-state index contributed by atoms with van der Waals surface area (Å²) in [4.78, 5) is 34.1. The Morgan fingerprint density at radius 1 is 0.727 bits per heavy atom. The molecule has 226 valence electrons. The van der Waals surface area contributed by atoms with E-state index in [4.69, 9.17) is 4.74 Å². The third kappa shape index (κ3) is 8.10. The standard InChI is InChI=1S/C36H35F2N3O3/c1-2-44-32-17-11-28(12-18-32)23-40(20-19-29-22-39-34-6-4-3-5-33(29)34)36(43)25-41(24-27-9-15-31(38)16-10-27)35(42)21-26-7-13-30(37)14-8-26/h3-18,22,39H,2,19-21,23-25H2,1H3. The lowest BCUT2D eigenvalue weighted by atomic mass is 10.1. The summed E-state index contributed by atoms with van der Waals surface area (Å²) in [6.07, 6.45) is 2.59. The molecule has 6 nitrogen and oxygen atoms in total. The van der Waals surface area contributed by atoms with Crippen molar-refractivity contribution in [1.82, 2.24) is 14.8 Å². The van der Waals surface area contributed by atoms with Gasteiger partial charge in [0.15, 0.2) is 0 Å². The Hall–Kier alpha value is -4.98. The Morgan fingerprint density at radius 3 is 1.98 bits per heavy atom. The van der Waals surface area contributed by atoms with E-state index < -0.39 is 0 Å². The van der Waals surface area contributed by atoms with E-state index in [9.17, 15) is 18.4 Å². The molecule has 0 aliphatic carbocycles. The molecule has 0 bridgehead atoms. The number of benzene rings is 4. The number of ether oxygens (including phenoxy) is 1. The molecule has 2 amide bonds. The summed E-state index contributed by atoms with van der Waals surface area (Å²) in [5.74, 6) is -0.516. The van der Waals surface area contributed by atoms with Crippen molar-refractivity contribution < 1.29 is 23.1 Å². The number of hydrogen-bond acceptors (Lipinski definition) is 3. The van der Waals surface area contributed by atoms with E-state index in [1.54, 1.807) is 29.2 Å². The Morgan fingerprint density at radius 2 is 1.32 bits per heavy atom. The Bertz CT molecular complexity index is 1680. The smallest absolute Gasteiger partial charge is 0.242 e. The van der Waals surface area contributed by atoms with Gasteiger partial charge in [0, 0.05) is 36.7 Å². The van der Waals surface area contributed by atoms with E-state index in [0.29, 0.717) is 37.2 Å². The highest BCUT2D eigenvalue weighted by molar-refractivity contribution is 5.86. The minimum Gasteiger partial charge on any atom is -0.494 e. The van der Waals surface area contributed by atoms with Gasteiger partial charge in [-0.3, -0.25) is 9.59 Å². The average Bonchev–Trinajstić information content (AvgIpc) is 3.45. The van der Waals surface area contributed by atoms with Crippen LogP contribution in [0.25, 0.3) is 10.9 Å². The zero-order chi connectivity index (χ0) is 30.9. The first-order chi connectivity index (χ1) is 21.4. The molecule has 0 saturated carbocycles. The monoisotopic (exact) mass is 595 g/mol. The van der Waals surface area contributed by atoms with Crippen LogP contribution in [0.4, 0.5) is 8.78 Å². The van der Waals surface area contributed by atoms with Crippen molar-refractivity contribution >= 4 is 22.7 Å². The maximum absolute atomic E-state index is 14.0. The van der Waals surface area contributed by atoms with Gasteiger partial charge in [0.1, 0.15) is 23.9 Å². The molecule has 0 saturated heterocycles. The number of hydrogen-bond donors (Lipinski definition) is 1. The quantitative estimate of drug-likeness (QED) is 0.165. The van der Waals surface area contributed by atoms with Gasteiger partial charge in [-0.1, -0.05) is 54.6 Å². The number of nitrogens with zero attached hydrogens (tertiary/aromatic N) is 2. The van der Waals surface area contributed by atoms with Crippen molar-refractivity contribution in [2.24, 2.45) is 0 Å². The second-order valence-corrected chi connectivity index (χ2v) is 10.7. The molecular formula is C36H35F2N3O3. The lowest BCUT2D eigenvalue weighted by molar-refractivity contribution is -0.141. The second-order valence-electron chi connectivity index (χ2n) is 10.7. The summed E-state index contributed by atoms with van der Waals surface area (Å²) in [5, 5.41) is 1.10. The van der Waals surface area contributed by atoms with Crippen LogP contribution in [0.2, 0.25) is 0 Å². The SMILES string of the molecule is CCOc1ccc(CN(CCc2c[nH]c3ccccc23)C(=O)CN(Cc2ccc(F)cc2)C(=O)Cc2ccc(F)cc2)cc1. The number of amides is 2. The molecule has 4 aromatic carbocycles. The fourth-order valence-corrected chi connectivity index (χ4v) is 5.16. The first kappa shape index (κ1) is 30.5. The largest absolute Gasteiger partial charge is 0.494 e. The number of H-pyrrole nitrogens is 1. The van der Waals surface area contributed by atoms with E-state index in [1.165, 1.54) is 29.2 Å². The molecule has 0 radical (unpaired) electrons. The van der Waals surface area contributed by atoms with Crippen LogP contribution in [0.15, 0.2) is 103 Å². The van der Waals surface area contributed by atoms with Crippen LogP contribution in [-0.2, 0) is 35.5 Å². The van der Waals surface area contributed by atoms with Crippen LogP contribution in [0.5, 0.6) is 5.75 Å². The van der Waals surface area contributed by atoms with E-state index in [2.05, 4.69) is 11.1 Å². The van der Waals surface area contributed by atoms with Crippen molar-refractivity contribution in [3.63, 3.8) is 0 Å². The molecule has 1 heterocycles. The summed E-state index contributed by atoms with van der Waals surface area (Å²) in [6, 6.07) is 27.3. The molecule has 0 aliphatic rings. The van der Waals surface area contributed by atoms with Gasteiger partial charge in [-0.05, 0) is 78.1 Å². The average molecular weight is 596 g/mol. The summed E-state index contributed by atoms with van der Waals surface area (Å²) in [5.41, 5.74) is 4.40. The molecule has 0 atom stereocenters. The van der Waals surface area contributed by atoms with Gasteiger partial charge in [0.2, 0.25) is 11.8 Å². The highest BCUT2D eigenvalue weighted by atomic mass is 19.1. The minimum absolute atomic E-state index is 0.00296. The Labute approximate surface area is 255 Å². The normalized spacial score (nSPS) is 11.0. The van der Waals surface area contributed by atoms with Crippen molar-refractivity contribution in [2.75, 3.05) is 19.7 Å². The number of nitrogens with one attached hydrogen (secondary N) is 1. The lowest BCUT2D eigenvalue weighted by Crippen LogP contribution is -2.43. The molecule has 0 spiro atoms. The fraction of sp³-hybridized carbons (Fsp3) is 0.222. The summed E-state index contributed by atoms with van der Waals surface area (Å²) >= 11 is 0. The lowest BCUT2D eigenvalue weighted by Gasteiger charge is -2.28. The summed E-state index contributed by atoms with van der Waals surface area (Å²) < 4.78 is 32.7. The number of fused-ring (bicyclic) bond motifs is 1. The van der Waals surface area contributed by atoms with E-state index in [1.807, 2.05) is 55.6 Å². The molecular weight excluding hydrogens is 560 g/mol. The fourth-order valence-electron chi connectivity index (χ4n) is 5.16. The first-order valence-electron chi connectivity index (χ1n) is 14.7. The van der Waals surface area contributed by atoms with Gasteiger partial charge < -0.3 is 19.5 Å². The molecule has 0 fully saturated rings. The van der Waals surface area contributed by atoms with E-state index >= 15 is 0 Å². The van der Waals surface area contributed by atoms with Crippen LogP contribution in [0, 0.1) is 11.6 Å². The second kappa shape index (κ2) is 14.5. The molecule has 5 aromatic rings. The third-order valence-electron chi connectivity index (χ3n) is 7.52. The molecule has 1 N–H and O–H groups in total. The predicted octanol–water partition coefficient (Wildman–Crippen LogP) is 6.69. The maximum atomic E-state index is 14.0. The van der Waals surface area contributed by atoms with Crippen molar-refractivity contribution in [1.29, 1.82) is 0 Å². The van der Waals surface area contributed by atoms with Crippen LogP contribution in [0.3, 0.4) is 0 Å². The Balaban J connectivity index is 1.37. The van der Waals surface area contributed by atoms with Gasteiger partial charge >= 0.3 is 0 Å². The minimum atomic E-state index is -0.389. The van der Waals surface area contributed by atoms with Gasteiger partial charge in [-0.25, -0.2) is 8.78 Å². The van der Waals surface area contributed by atoms with Crippen molar-refractivity contribution in [2.45, 2.75) is 32.9 Å². The summed E-state index contributed by atoms with van der Waals surface area (Å²) in [7, 11) is 0. The molecule has 5 rings (SSSR count). The van der Waals surface area contributed by atoms with Crippen LogP contribution in [0.1, 0.15) is 29.2 Å². The van der Waals surface area contributed by atoms with Crippen molar-refractivity contribution in [3.05, 3.63) is 137 Å². The highest BCUT2D eigenvalue weighted by Crippen LogP contribution is 2.20. The van der Waals surface area contributed by atoms with Gasteiger partial charge in [0.05, 0.1) is 13.0 Å². The molecule has 1 aromatic heterocycles.